The summed E-state index contributed by atoms with van der Waals surface area (Å²) < 4.78 is 10.7. The monoisotopic (exact) mass is 384 g/mol. The fraction of sp³-hybridized carbons (Fsp3) is 0.364. The van der Waals surface area contributed by atoms with Crippen molar-refractivity contribution in [3.63, 3.8) is 0 Å². The number of methoxy groups -OCH3 is 1. The number of aryl methyl sites for hydroxylation is 1. The molecule has 0 aliphatic rings. The van der Waals surface area contributed by atoms with Gasteiger partial charge in [0.1, 0.15) is 17.5 Å². The molecule has 0 aliphatic heterocycles. The summed E-state index contributed by atoms with van der Waals surface area (Å²) in [4.78, 5) is 26.8. The van der Waals surface area contributed by atoms with Crippen LogP contribution in [-0.2, 0) is 16.1 Å². The second-order valence-corrected chi connectivity index (χ2v) is 6.55. The van der Waals surface area contributed by atoms with Gasteiger partial charge in [-0.1, -0.05) is 29.8 Å². The third kappa shape index (κ3) is 6.01. The number of carbonyl (C=O) groups is 2. The minimum absolute atomic E-state index is 0.151. The number of benzene rings is 2. The van der Waals surface area contributed by atoms with Crippen LogP contribution in [0.3, 0.4) is 0 Å². The molecule has 0 saturated carbocycles. The number of carbonyl (C=O) groups excluding carboxylic acids is 2. The Morgan fingerprint density at radius 3 is 2.39 bits per heavy atom. The first kappa shape index (κ1) is 21.3. The highest BCUT2D eigenvalue weighted by Crippen LogP contribution is 2.18. The molecule has 0 aliphatic carbocycles. The van der Waals surface area contributed by atoms with Crippen LogP contribution in [0.5, 0.6) is 11.5 Å². The summed E-state index contributed by atoms with van der Waals surface area (Å²) in [6, 6.07) is 14.3. The van der Waals surface area contributed by atoms with Gasteiger partial charge in [0.25, 0.3) is 5.91 Å². The van der Waals surface area contributed by atoms with Gasteiger partial charge in [-0.2, -0.15) is 0 Å². The number of hydrogen-bond donors (Lipinski definition) is 1. The molecule has 0 unspecified atom stereocenters. The van der Waals surface area contributed by atoms with Crippen molar-refractivity contribution < 1.29 is 19.1 Å². The second-order valence-electron chi connectivity index (χ2n) is 6.55. The van der Waals surface area contributed by atoms with Crippen LogP contribution >= 0.6 is 0 Å². The van der Waals surface area contributed by atoms with Gasteiger partial charge in [-0.05, 0) is 50.6 Å². The smallest absolute Gasteiger partial charge is 0.261 e. The molecule has 0 spiro atoms. The number of ether oxygens (including phenoxy) is 2. The van der Waals surface area contributed by atoms with Crippen molar-refractivity contribution in [3.05, 3.63) is 59.7 Å². The highest BCUT2D eigenvalue weighted by Gasteiger charge is 2.26. The largest absolute Gasteiger partial charge is 0.497 e. The molecule has 2 aromatic carbocycles. The van der Waals surface area contributed by atoms with Crippen molar-refractivity contribution in [2.75, 3.05) is 20.3 Å². The van der Waals surface area contributed by atoms with E-state index in [2.05, 4.69) is 5.32 Å². The first-order valence-corrected chi connectivity index (χ1v) is 9.34. The maximum absolute atomic E-state index is 12.9. The molecule has 0 saturated heterocycles. The molecule has 6 heteroatoms. The highest BCUT2D eigenvalue weighted by molar-refractivity contribution is 5.87. The van der Waals surface area contributed by atoms with Gasteiger partial charge in [0, 0.05) is 13.1 Å². The molecule has 6 nitrogen and oxygen atoms in total. The van der Waals surface area contributed by atoms with Crippen molar-refractivity contribution >= 4 is 11.8 Å². The van der Waals surface area contributed by atoms with Gasteiger partial charge in [0.15, 0.2) is 6.61 Å². The van der Waals surface area contributed by atoms with Crippen molar-refractivity contribution in [3.8, 4) is 11.5 Å². The van der Waals surface area contributed by atoms with E-state index < -0.39 is 6.04 Å². The number of rotatable bonds is 9. The van der Waals surface area contributed by atoms with E-state index >= 15 is 0 Å². The predicted octanol–water partition coefficient (Wildman–Crippen LogP) is 2.94. The summed E-state index contributed by atoms with van der Waals surface area (Å²) in [7, 11) is 1.59. The zero-order chi connectivity index (χ0) is 20.5. The van der Waals surface area contributed by atoms with Crippen LogP contribution in [0.4, 0.5) is 0 Å². The van der Waals surface area contributed by atoms with Gasteiger partial charge in [-0.15, -0.1) is 0 Å². The Morgan fingerprint density at radius 1 is 1.11 bits per heavy atom. The zero-order valence-electron chi connectivity index (χ0n) is 16.9. The average molecular weight is 384 g/mol. The van der Waals surface area contributed by atoms with E-state index in [1.165, 1.54) is 0 Å². The third-order valence-corrected chi connectivity index (χ3v) is 4.38. The molecule has 1 atom stereocenters. The summed E-state index contributed by atoms with van der Waals surface area (Å²) >= 11 is 0. The highest BCUT2D eigenvalue weighted by atomic mass is 16.5. The van der Waals surface area contributed by atoms with Crippen LogP contribution in [0.2, 0.25) is 0 Å². The van der Waals surface area contributed by atoms with E-state index in [4.69, 9.17) is 9.47 Å². The SMILES string of the molecule is CCNC(=O)[C@@H](C)N(Cc1cccc(C)c1)C(=O)COc1ccc(OC)cc1. The van der Waals surface area contributed by atoms with Crippen molar-refractivity contribution in [2.24, 2.45) is 0 Å². The van der Waals surface area contributed by atoms with E-state index in [0.29, 0.717) is 24.6 Å². The Labute approximate surface area is 166 Å². The summed E-state index contributed by atoms with van der Waals surface area (Å²) in [6.45, 7) is 6.27. The number of amides is 2. The molecule has 0 aromatic heterocycles. The van der Waals surface area contributed by atoms with Gasteiger partial charge < -0.3 is 19.7 Å². The first-order chi connectivity index (χ1) is 13.4. The van der Waals surface area contributed by atoms with E-state index in [0.717, 1.165) is 11.1 Å². The lowest BCUT2D eigenvalue weighted by atomic mass is 10.1. The Kier molecular flexibility index (Phi) is 7.87. The summed E-state index contributed by atoms with van der Waals surface area (Å²) in [6.07, 6.45) is 0. The molecule has 28 heavy (non-hydrogen) atoms. The van der Waals surface area contributed by atoms with Crippen LogP contribution in [0.25, 0.3) is 0 Å². The molecular formula is C22H28N2O4. The minimum Gasteiger partial charge on any atom is -0.497 e. The molecule has 0 fully saturated rings. The van der Waals surface area contributed by atoms with E-state index in [-0.39, 0.29) is 18.4 Å². The molecule has 2 aromatic rings. The Balaban J connectivity index is 2.11. The lowest BCUT2D eigenvalue weighted by Gasteiger charge is -2.28. The lowest BCUT2D eigenvalue weighted by Crippen LogP contribution is -2.49. The van der Waals surface area contributed by atoms with Gasteiger partial charge in [-0.25, -0.2) is 0 Å². The summed E-state index contributed by atoms with van der Waals surface area (Å²) in [5, 5.41) is 2.78. The number of nitrogens with zero attached hydrogens (tertiary/aromatic N) is 1. The van der Waals surface area contributed by atoms with Gasteiger partial charge >= 0.3 is 0 Å². The molecule has 0 radical (unpaired) electrons. The zero-order valence-corrected chi connectivity index (χ0v) is 16.9. The molecule has 0 heterocycles. The standard InChI is InChI=1S/C22H28N2O4/c1-5-23-22(26)17(3)24(14-18-8-6-7-16(2)13-18)21(25)15-28-20-11-9-19(27-4)10-12-20/h6-13,17H,5,14-15H2,1-4H3,(H,23,26)/t17-/m1/s1. The summed E-state index contributed by atoms with van der Waals surface area (Å²) in [5.74, 6) is 0.837. The third-order valence-electron chi connectivity index (χ3n) is 4.38. The Bertz CT molecular complexity index is 789. The Hall–Kier alpha value is -3.02. The normalized spacial score (nSPS) is 11.4. The first-order valence-electron chi connectivity index (χ1n) is 9.34. The van der Waals surface area contributed by atoms with Crippen LogP contribution < -0.4 is 14.8 Å². The fourth-order valence-corrected chi connectivity index (χ4v) is 2.81. The van der Waals surface area contributed by atoms with E-state index in [1.807, 2.05) is 38.1 Å². The molecule has 1 N–H and O–H groups in total. The van der Waals surface area contributed by atoms with Crippen molar-refractivity contribution in [1.29, 1.82) is 0 Å². The maximum atomic E-state index is 12.9. The average Bonchev–Trinajstić information content (AvgIpc) is 2.70. The topological polar surface area (TPSA) is 67.9 Å². The maximum Gasteiger partial charge on any atom is 0.261 e. The van der Waals surface area contributed by atoms with E-state index in [1.54, 1.807) is 43.2 Å². The van der Waals surface area contributed by atoms with Crippen LogP contribution in [0.1, 0.15) is 25.0 Å². The van der Waals surface area contributed by atoms with Crippen molar-refractivity contribution in [1.82, 2.24) is 10.2 Å². The quantitative estimate of drug-likeness (QED) is 0.722. The number of likely N-dealkylation sites (N-methyl/N-ethyl adjacent to an activating group) is 1. The minimum atomic E-state index is -0.604. The van der Waals surface area contributed by atoms with Gasteiger partial charge in [-0.3, -0.25) is 9.59 Å². The lowest BCUT2D eigenvalue weighted by molar-refractivity contribution is -0.142. The molecular weight excluding hydrogens is 356 g/mol. The van der Waals surface area contributed by atoms with Crippen LogP contribution in [0, 0.1) is 6.92 Å². The van der Waals surface area contributed by atoms with E-state index in [9.17, 15) is 9.59 Å². The molecule has 150 valence electrons. The van der Waals surface area contributed by atoms with Crippen LogP contribution in [0.15, 0.2) is 48.5 Å². The van der Waals surface area contributed by atoms with Gasteiger partial charge in [0.05, 0.1) is 7.11 Å². The number of nitrogens with one attached hydrogen (secondary N) is 1. The molecule has 2 amide bonds. The summed E-state index contributed by atoms with van der Waals surface area (Å²) in [5.41, 5.74) is 2.07. The fourth-order valence-electron chi connectivity index (χ4n) is 2.81. The Morgan fingerprint density at radius 2 is 1.79 bits per heavy atom. The van der Waals surface area contributed by atoms with Crippen molar-refractivity contribution in [2.45, 2.75) is 33.4 Å². The van der Waals surface area contributed by atoms with Crippen LogP contribution in [-0.4, -0.2) is 43.0 Å². The molecule has 0 bridgehead atoms. The van der Waals surface area contributed by atoms with Gasteiger partial charge in [0.2, 0.25) is 5.91 Å². The second kappa shape index (κ2) is 10.3. The predicted molar refractivity (Wildman–Crippen MR) is 108 cm³/mol. The molecule has 2 rings (SSSR count). The number of hydrogen-bond acceptors (Lipinski definition) is 4.